The third-order valence-corrected chi connectivity index (χ3v) is 2.52. The number of hydrogen-bond acceptors (Lipinski definition) is 6. The standard InChI is InChI=1S/C12H12N4O3/c1-19-6-10(17)9-3-2-7-8(15-9)4-5-14-11(7)12(18)16-13/h2-5H,6,13H2,1H3,(H,16,18). The lowest BCUT2D eigenvalue weighted by Crippen LogP contribution is -2.30. The highest BCUT2D eigenvalue weighted by Crippen LogP contribution is 2.15. The lowest BCUT2D eigenvalue weighted by Gasteiger charge is -2.05. The number of Topliss-reactive ketones (excluding diaryl/α,β-unsaturated/α-hetero) is 1. The molecule has 0 bridgehead atoms. The van der Waals surface area contributed by atoms with E-state index < -0.39 is 5.91 Å². The predicted molar refractivity (Wildman–Crippen MR) is 67.4 cm³/mol. The fourth-order valence-corrected chi connectivity index (χ4v) is 1.66. The van der Waals surface area contributed by atoms with E-state index in [1.165, 1.54) is 19.4 Å². The number of fused-ring (bicyclic) bond motifs is 1. The van der Waals surface area contributed by atoms with Crippen molar-refractivity contribution in [2.24, 2.45) is 5.84 Å². The molecule has 0 aliphatic rings. The lowest BCUT2D eigenvalue weighted by molar-refractivity contribution is 0.0843. The molecule has 98 valence electrons. The SMILES string of the molecule is COCC(=O)c1ccc2c(C(=O)NN)nccc2n1. The van der Waals surface area contributed by atoms with Crippen molar-refractivity contribution in [2.45, 2.75) is 0 Å². The van der Waals surface area contributed by atoms with E-state index in [-0.39, 0.29) is 23.8 Å². The number of pyridine rings is 2. The van der Waals surface area contributed by atoms with Crippen LogP contribution in [0.4, 0.5) is 0 Å². The summed E-state index contributed by atoms with van der Waals surface area (Å²) in [5, 5.41) is 0.527. The summed E-state index contributed by atoms with van der Waals surface area (Å²) in [4.78, 5) is 31.3. The molecular weight excluding hydrogens is 248 g/mol. The quantitative estimate of drug-likeness (QED) is 0.348. The molecule has 1 amide bonds. The van der Waals surface area contributed by atoms with E-state index in [0.717, 1.165) is 0 Å². The molecule has 0 aromatic carbocycles. The number of aromatic nitrogens is 2. The zero-order valence-corrected chi connectivity index (χ0v) is 10.2. The van der Waals surface area contributed by atoms with Crippen LogP contribution in [0.25, 0.3) is 10.9 Å². The van der Waals surface area contributed by atoms with Crippen LogP contribution < -0.4 is 11.3 Å². The first-order chi connectivity index (χ1) is 9.17. The Balaban J connectivity index is 2.51. The maximum absolute atomic E-state index is 11.7. The van der Waals surface area contributed by atoms with Gasteiger partial charge >= 0.3 is 0 Å². The van der Waals surface area contributed by atoms with Gasteiger partial charge in [-0.3, -0.25) is 20.0 Å². The third kappa shape index (κ3) is 2.56. The van der Waals surface area contributed by atoms with Crippen LogP contribution in [0.15, 0.2) is 24.4 Å². The molecular formula is C12H12N4O3. The van der Waals surface area contributed by atoms with Gasteiger partial charge in [-0.25, -0.2) is 10.8 Å². The summed E-state index contributed by atoms with van der Waals surface area (Å²) in [6, 6.07) is 4.76. The molecule has 7 heteroatoms. The van der Waals surface area contributed by atoms with Crippen molar-refractivity contribution in [3.63, 3.8) is 0 Å². The molecule has 2 heterocycles. The van der Waals surface area contributed by atoms with Gasteiger partial charge in [0.05, 0.1) is 5.52 Å². The number of rotatable bonds is 4. The van der Waals surface area contributed by atoms with Crippen LogP contribution in [-0.4, -0.2) is 35.4 Å². The lowest BCUT2D eigenvalue weighted by atomic mass is 10.1. The summed E-state index contributed by atoms with van der Waals surface area (Å²) >= 11 is 0. The van der Waals surface area contributed by atoms with Crippen molar-refractivity contribution in [2.75, 3.05) is 13.7 Å². The molecule has 0 aliphatic carbocycles. The number of nitrogens with one attached hydrogen (secondary N) is 1. The molecule has 3 N–H and O–H groups in total. The van der Waals surface area contributed by atoms with E-state index in [1.807, 2.05) is 5.43 Å². The maximum Gasteiger partial charge on any atom is 0.284 e. The van der Waals surface area contributed by atoms with Gasteiger partial charge in [-0.05, 0) is 18.2 Å². The number of carbonyl (C=O) groups excluding carboxylic acids is 2. The van der Waals surface area contributed by atoms with Gasteiger partial charge in [0, 0.05) is 18.7 Å². The smallest absolute Gasteiger partial charge is 0.284 e. The summed E-state index contributed by atoms with van der Waals surface area (Å²) < 4.78 is 4.77. The summed E-state index contributed by atoms with van der Waals surface area (Å²) in [5.41, 5.74) is 2.95. The molecule has 2 aromatic rings. The van der Waals surface area contributed by atoms with Gasteiger partial charge in [-0.15, -0.1) is 0 Å². The highest BCUT2D eigenvalue weighted by atomic mass is 16.5. The molecule has 0 unspecified atom stereocenters. The van der Waals surface area contributed by atoms with Crippen LogP contribution in [0.1, 0.15) is 21.0 Å². The van der Waals surface area contributed by atoms with Crippen molar-refractivity contribution in [1.82, 2.24) is 15.4 Å². The fourth-order valence-electron chi connectivity index (χ4n) is 1.66. The van der Waals surface area contributed by atoms with E-state index >= 15 is 0 Å². The second kappa shape index (κ2) is 5.51. The fraction of sp³-hybridized carbons (Fsp3) is 0.167. The topological polar surface area (TPSA) is 107 Å². The van der Waals surface area contributed by atoms with E-state index in [4.69, 9.17) is 10.6 Å². The Morgan fingerprint density at radius 2 is 2.16 bits per heavy atom. The number of carbonyl (C=O) groups is 2. The van der Waals surface area contributed by atoms with Gasteiger partial charge in [-0.1, -0.05) is 0 Å². The van der Waals surface area contributed by atoms with Gasteiger partial charge in [-0.2, -0.15) is 0 Å². The summed E-state index contributed by atoms with van der Waals surface area (Å²) in [6.07, 6.45) is 1.44. The van der Waals surface area contributed by atoms with Gasteiger partial charge in [0.1, 0.15) is 18.0 Å². The Morgan fingerprint density at radius 1 is 1.37 bits per heavy atom. The van der Waals surface area contributed by atoms with E-state index in [2.05, 4.69) is 9.97 Å². The van der Waals surface area contributed by atoms with Crippen molar-refractivity contribution >= 4 is 22.6 Å². The van der Waals surface area contributed by atoms with Gasteiger partial charge in [0.25, 0.3) is 5.91 Å². The number of hydrogen-bond donors (Lipinski definition) is 2. The molecule has 0 radical (unpaired) electrons. The van der Waals surface area contributed by atoms with Crippen LogP contribution in [-0.2, 0) is 4.74 Å². The molecule has 0 saturated carbocycles. The second-order valence-corrected chi connectivity index (χ2v) is 3.75. The third-order valence-electron chi connectivity index (χ3n) is 2.52. The largest absolute Gasteiger partial charge is 0.376 e. The number of ketones is 1. The number of nitrogens with zero attached hydrogens (tertiary/aromatic N) is 2. The maximum atomic E-state index is 11.7. The van der Waals surface area contributed by atoms with Gasteiger partial charge < -0.3 is 4.74 Å². The van der Waals surface area contributed by atoms with Crippen molar-refractivity contribution in [3.8, 4) is 0 Å². The molecule has 0 atom stereocenters. The Morgan fingerprint density at radius 3 is 2.84 bits per heavy atom. The minimum Gasteiger partial charge on any atom is -0.376 e. The number of ether oxygens (including phenoxy) is 1. The molecule has 0 fully saturated rings. The summed E-state index contributed by atoms with van der Waals surface area (Å²) in [7, 11) is 1.44. The molecule has 2 rings (SSSR count). The second-order valence-electron chi connectivity index (χ2n) is 3.75. The number of hydrazine groups is 1. The molecule has 0 saturated heterocycles. The predicted octanol–water partition coefficient (Wildman–Crippen LogP) is 0.0624. The number of amides is 1. The van der Waals surface area contributed by atoms with Crippen LogP contribution in [0.3, 0.4) is 0 Å². The van der Waals surface area contributed by atoms with E-state index in [0.29, 0.717) is 10.9 Å². The number of nitrogen functional groups attached to an aromatic ring is 1. The zero-order valence-electron chi connectivity index (χ0n) is 10.2. The molecule has 2 aromatic heterocycles. The van der Waals surface area contributed by atoms with Gasteiger partial charge in [0.2, 0.25) is 5.78 Å². The monoisotopic (exact) mass is 260 g/mol. The highest BCUT2D eigenvalue weighted by molar-refractivity contribution is 6.05. The van der Waals surface area contributed by atoms with Crippen molar-refractivity contribution in [3.05, 3.63) is 35.8 Å². The zero-order chi connectivity index (χ0) is 13.8. The molecule has 19 heavy (non-hydrogen) atoms. The first-order valence-corrected chi connectivity index (χ1v) is 5.46. The van der Waals surface area contributed by atoms with E-state index in [1.54, 1.807) is 12.1 Å². The highest BCUT2D eigenvalue weighted by Gasteiger charge is 2.13. The van der Waals surface area contributed by atoms with E-state index in [9.17, 15) is 9.59 Å². The molecule has 7 nitrogen and oxygen atoms in total. The van der Waals surface area contributed by atoms with Gasteiger partial charge in [0.15, 0.2) is 0 Å². The van der Waals surface area contributed by atoms with Crippen LogP contribution in [0.2, 0.25) is 0 Å². The Hall–Kier alpha value is -2.38. The van der Waals surface area contributed by atoms with Crippen LogP contribution >= 0.6 is 0 Å². The summed E-state index contributed by atoms with van der Waals surface area (Å²) in [6.45, 7) is -0.0419. The Bertz CT molecular complexity index is 642. The van der Waals surface area contributed by atoms with Crippen LogP contribution in [0, 0.1) is 0 Å². The average molecular weight is 260 g/mol. The normalized spacial score (nSPS) is 10.4. The average Bonchev–Trinajstić information content (AvgIpc) is 2.45. The first kappa shape index (κ1) is 13.1. The minimum absolute atomic E-state index is 0.0419. The van der Waals surface area contributed by atoms with Crippen molar-refractivity contribution < 1.29 is 14.3 Å². The summed E-state index contributed by atoms with van der Waals surface area (Å²) in [5.74, 6) is 4.34. The van der Waals surface area contributed by atoms with Crippen molar-refractivity contribution in [1.29, 1.82) is 0 Å². The first-order valence-electron chi connectivity index (χ1n) is 5.46. The minimum atomic E-state index is -0.511. The Kier molecular flexibility index (Phi) is 3.79. The Labute approximate surface area is 108 Å². The number of methoxy groups -OCH3 is 1. The number of nitrogens with two attached hydrogens (primary N) is 1. The molecule has 0 spiro atoms. The van der Waals surface area contributed by atoms with Crippen LogP contribution in [0.5, 0.6) is 0 Å². The molecule has 0 aliphatic heterocycles.